The highest BCUT2D eigenvalue weighted by atomic mass is 32.2. The number of aromatic nitrogens is 1. The zero-order valence-electron chi connectivity index (χ0n) is 19.0. The molecule has 0 radical (unpaired) electrons. The number of Topliss-reactive ketones (excluding diaryl/α,β-unsaturated/α-hetero) is 1. The highest BCUT2D eigenvalue weighted by Gasteiger charge is 2.10. The monoisotopic (exact) mass is 522 g/mol. The Kier molecular flexibility index (Phi) is 7.96. The van der Waals surface area contributed by atoms with E-state index in [1.54, 1.807) is 31.4 Å². The molecule has 0 aliphatic heterocycles. The zero-order chi connectivity index (χ0) is 24.8. The number of benzene rings is 3. The fourth-order valence-corrected chi connectivity index (χ4v) is 5.04. The molecule has 0 aliphatic rings. The van der Waals surface area contributed by atoms with Gasteiger partial charge in [0.15, 0.2) is 16.0 Å². The molecular formula is C25H22N4O3S3. The number of amides is 1. The van der Waals surface area contributed by atoms with Gasteiger partial charge in [-0.15, -0.1) is 11.8 Å². The summed E-state index contributed by atoms with van der Waals surface area (Å²) in [4.78, 5) is 29.2. The quantitative estimate of drug-likeness (QED) is 0.146. The minimum absolute atomic E-state index is 0.0148. The zero-order valence-corrected chi connectivity index (χ0v) is 21.4. The molecule has 1 aromatic heterocycles. The van der Waals surface area contributed by atoms with E-state index in [-0.39, 0.29) is 17.4 Å². The van der Waals surface area contributed by atoms with E-state index < -0.39 is 0 Å². The molecular weight excluding hydrogens is 501 g/mol. The van der Waals surface area contributed by atoms with Crippen LogP contribution in [-0.4, -0.2) is 34.6 Å². The van der Waals surface area contributed by atoms with E-state index in [2.05, 4.69) is 20.9 Å². The summed E-state index contributed by atoms with van der Waals surface area (Å²) >= 11 is 8.22. The molecule has 10 heteroatoms. The first-order chi connectivity index (χ1) is 16.9. The molecule has 1 amide bonds. The van der Waals surface area contributed by atoms with Crippen LogP contribution < -0.4 is 20.7 Å². The Hall–Kier alpha value is -3.47. The number of rotatable bonds is 8. The predicted molar refractivity (Wildman–Crippen MR) is 148 cm³/mol. The molecule has 35 heavy (non-hydrogen) atoms. The number of carbonyl (C=O) groups excluding carboxylic acids is 2. The molecule has 3 N–H and O–H groups in total. The summed E-state index contributed by atoms with van der Waals surface area (Å²) in [5.74, 6) is 0.878. The van der Waals surface area contributed by atoms with Gasteiger partial charge in [-0.2, -0.15) is 0 Å². The molecule has 0 aliphatic carbocycles. The van der Waals surface area contributed by atoms with Gasteiger partial charge < -0.3 is 20.7 Å². The van der Waals surface area contributed by atoms with Gasteiger partial charge >= 0.3 is 0 Å². The molecule has 1 heterocycles. The van der Waals surface area contributed by atoms with Crippen molar-refractivity contribution in [1.82, 2.24) is 4.98 Å². The van der Waals surface area contributed by atoms with Crippen LogP contribution in [0.3, 0.4) is 0 Å². The first-order valence-corrected chi connectivity index (χ1v) is 12.8. The maximum absolute atomic E-state index is 12.5. The molecule has 178 valence electrons. The average molecular weight is 523 g/mol. The van der Waals surface area contributed by atoms with E-state index in [0.717, 1.165) is 32.2 Å². The van der Waals surface area contributed by atoms with Crippen LogP contribution >= 0.6 is 35.3 Å². The summed E-state index contributed by atoms with van der Waals surface area (Å²) in [7, 11) is 1.62. The van der Waals surface area contributed by atoms with Crippen molar-refractivity contribution in [3.05, 3.63) is 72.3 Å². The molecule has 0 saturated heterocycles. The number of methoxy groups -OCH3 is 1. The minimum atomic E-state index is -0.134. The number of hydrogen-bond acceptors (Lipinski definition) is 7. The van der Waals surface area contributed by atoms with Gasteiger partial charge in [-0.1, -0.05) is 17.4 Å². The molecule has 0 bridgehead atoms. The summed E-state index contributed by atoms with van der Waals surface area (Å²) in [5, 5.41) is 10.1. The van der Waals surface area contributed by atoms with Crippen molar-refractivity contribution in [2.75, 3.05) is 28.8 Å². The lowest BCUT2D eigenvalue weighted by Gasteiger charge is -2.12. The molecule has 7 nitrogen and oxygen atoms in total. The number of carbonyl (C=O) groups is 2. The van der Waals surface area contributed by atoms with Gasteiger partial charge in [0.2, 0.25) is 5.91 Å². The molecule has 0 atom stereocenters. The Balaban J connectivity index is 1.29. The van der Waals surface area contributed by atoms with Crippen molar-refractivity contribution in [1.29, 1.82) is 0 Å². The number of nitrogens with zero attached hydrogens (tertiary/aromatic N) is 1. The largest absolute Gasteiger partial charge is 0.497 e. The third kappa shape index (κ3) is 6.78. The van der Waals surface area contributed by atoms with Crippen molar-refractivity contribution in [2.24, 2.45) is 0 Å². The number of thiocarbonyl (C=S) groups is 1. The van der Waals surface area contributed by atoms with Crippen LogP contribution in [-0.2, 0) is 4.79 Å². The van der Waals surface area contributed by atoms with Crippen molar-refractivity contribution >= 4 is 78.8 Å². The fraction of sp³-hybridized carbons (Fsp3) is 0.120. The molecule has 0 saturated carbocycles. The third-order valence-electron chi connectivity index (χ3n) is 4.85. The number of fused-ring (bicyclic) bond motifs is 1. The number of ketones is 1. The maximum atomic E-state index is 12.5. The summed E-state index contributed by atoms with van der Waals surface area (Å²) in [6.07, 6.45) is 0. The van der Waals surface area contributed by atoms with Crippen LogP contribution in [0, 0.1) is 0 Å². The van der Waals surface area contributed by atoms with Gasteiger partial charge in [-0.05, 0) is 79.8 Å². The standard InChI is InChI=1S/C25H22N4O3S3/c1-15(30)16-6-8-17(9-7-16)26-24(33)27-18-4-3-5-20(12-18)34-14-23(31)29-25-28-21-11-10-19(32-2)13-22(21)35-25/h3-13H,14H2,1-2H3,(H2,26,27,33)(H,28,29,31). The number of anilines is 3. The second-order valence-corrected chi connectivity index (χ2v) is 9.92. The normalized spacial score (nSPS) is 10.6. The van der Waals surface area contributed by atoms with E-state index in [1.807, 2.05) is 42.5 Å². The van der Waals surface area contributed by atoms with E-state index in [0.29, 0.717) is 15.8 Å². The van der Waals surface area contributed by atoms with Crippen LogP contribution in [0.5, 0.6) is 5.75 Å². The Morgan fingerprint density at radius 3 is 2.51 bits per heavy atom. The van der Waals surface area contributed by atoms with Crippen LogP contribution in [0.1, 0.15) is 17.3 Å². The van der Waals surface area contributed by atoms with Crippen LogP contribution in [0.4, 0.5) is 16.5 Å². The number of thiazole rings is 1. The van der Waals surface area contributed by atoms with Crippen LogP contribution in [0.15, 0.2) is 71.6 Å². The van der Waals surface area contributed by atoms with Crippen LogP contribution in [0.2, 0.25) is 0 Å². The Morgan fingerprint density at radius 1 is 1.00 bits per heavy atom. The highest BCUT2D eigenvalue weighted by molar-refractivity contribution is 8.00. The lowest BCUT2D eigenvalue weighted by atomic mass is 10.1. The van der Waals surface area contributed by atoms with Crippen molar-refractivity contribution in [3.8, 4) is 5.75 Å². The topological polar surface area (TPSA) is 92.3 Å². The first-order valence-electron chi connectivity index (χ1n) is 10.6. The second kappa shape index (κ2) is 11.3. The molecule has 0 spiro atoms. The van der Waals surface area contributed by atoms with E-state index >= 15 is 0 Å². The van der Waals surface area contributed by atoms with Crippen molar-refractivity contribution in [2.45, 2.75) is 11.8 Å². The molecule has 4 aromatic rings. The van der Waals surface area contributed by atoms with Gasteiger partial charge in [0.1, 0.15) is 5.75 Å². The Morgan fingerprint density at radius 2 is 1.77 bits per heavy atom. The lowest BCUT2D eigenvalue weighted by molar-refractivity contribution is -0.113. The summed E-state index contributed by atoms with van der Waals surface area (Å²) in [6.45, 7) is 1.53. The van der Waals surface area contributed by atoms with Gasteiger partial charge in [-0.3, -0.25) is 9.59 Å². The Bertz CT molecular complexity index is 1390. The van der Waals surface area contributed by atoms with Gasteiger partial charge in [0, 0.05) is 21.8 Å². The number of ether oxygens (including phenoxy) is 1. The smallest absolute Gasteiger partial charge is 0.236 e. The molecule has 3 aromatic carbocycles. The van der Waals surface area contributed by atoms with Crippen molar-refractivity contribution in [3.63, 3.8) is 0 Å². The van der Waals surface area contributed by atoms with Gasteiger partial charge in [-0.25, -0.2) is 4.98 Å². The fourth-order valence-electron chi connectivity index (χ4n) is 3.13. The summed E-state index contributed by atoms with van der Waals surface area (Å²) in [6, 6.07) is 20.4. The van der Waals surface area contributed by atoms with Crippen LogP contribution in [0.25, 0.3) is 10.2 Å². The van der Waals surface area contributed by atoms with E-state index in [9.17, 15) is 9.59 Å². The summed E-state index contributed by atoms with van der Waals surface area (Å²) in [5.41, 5.74) is 3.04. The van der Waals surface area contributed by atoms with Gasteiger partial charge in [0.25, 0.3) is 0 Å². The summed E-state index contributed by atoms with van der Waals surface area (Å²) < 4.78 is 6.18. The van der Waals surface area contributed by atoms with Gasteiger partial charge in [0.05, 0.1) is 23.1 Å². The number of thioether (sulfide) groups is 1. The lowest BCUT2D eigenvalue weighted by Crippen LogP contribution is -2.19. The van der Waals surface area contributed by atoms with E-state index in [1.165, 1.54) is 30.0 Å². The molecule has 4 rings (SSSR count). The minimum Gasteiger partial charge on any atom is -0.497 e. The molecule has 0 fully saturated rings. The highest BCUT2D eigenvalue weighted by Crippen LogP contribution is 2.29. The number of hydrogen-bond donors (Lipinski definition) is 3. The maximum Gasteiger partial charge on any atom is 0.236 e. The van der Waals surface area contributed by atoms with Crippen molar-refractivity contribution < 1.29 is 14.3 Å². The molecule has 0 unspecified atom stereocenters. The number of nitrogens with one attached hydrogen (secondary N) is 3. The first kappa shape index (κ1) is 24.6. The average Bonchev–Trinajstić information content (AvgIpc) is 3.24. The Labute approximate surface area is 216 Å². The van der Waals surface area contributed by atoms with E-state index in [4.69, 9.17) is 17.0 Å². The second-order valence-electron chi connectivity index (χ2n) is 7.43. The SMILES string of the molecule is COc1ccc2nc(NC(=O)CSc3cccc(NC(=S)Nc4ccc(C(C)=O)cc4)c3)sc2c1. The predicted octanol–water partition coefficient (Wildman–Crippen LogP) is 6.05. The third-order valence-corrected chi connectivity index (χ3v) is 6.98.